The standard InChI is InChI=1S/C14H18N4O2/c1-2-17-7-3-4-11(9-17)18-13-6-5-10(14(19)20)8-12(13)15-16-18/h5-6,8,11H,2-4,7,9H2,1H3,(H,19,20). The minimum absolute atomic E-state index is 0.253. The van der Waals surface area contributed by atoms with Crippen LogP contribution in [0.5, 0.6) is 0 Å². The molecule has 0 spiro atoms. The molecule has 0 radical (unpaired) electrons. The molecule has 106 valence electrons. The van der Waals surface area contributed by atoms with Crippen molar-refractivity contribution in [3.05, 3.63) is 23.8 Å². The Kier molecular flexibility index (Phi) is 3.40. The number of benzene rings is 1. The number of hydrogen-bond acceptors (Lipinski definition) is 4. The molecule has 1 aliphatic rings. The van der Waals surface area contributed by atoms with Gasteiger partial charge in [-0.3, -0.25) is 0 Å². The monoisotopic (exact) mass is 274 g/mol. The smallest absolute Gasteiger partial charge is 0.335 e. The Hall–Kier alpha value is -1.95. The summed E-state index contributed by atoms with van der Waals surface area (Å²) in [5.41, 5.74) is 1.82. The Bertz CT molecular complexity index is 637. The van der Waals surface area contributed by atoms with Crippen molar-refractivity contribution in [3.8, 4) is 0 Å². The van der Waals surface area contributed by atoms with Crippen LogP contribution in [0.4, 0.5) is 0 Å². The fourth-order valence-electron chi connectivity index (χ4n) is 2.86. The molecule has 2 heterocycles. The predicted octanol–water partition coefficient (Wildman–Crippen LogP) is 1.79. The molecule has 1 atom stereocenters. The Morgan fingerprint density at radius 3 is 3.10 bits per heavy atom. The van der Waals surface area contributed by atoms with Gasteiger partial charge in [-0.25, -0.2) is 9.48 Å². The van der Waals surface area contributed by atoms with Crippen LogP contribution in [-0.2, 0) is 0 Å². The van der Waals surface area contributed by atoms with Crippen molar-refractivity contribution >= 4 is 17.0 Å². The largest absolute Gasteiger partial charge is 0.478 e. The second kappa shape index (κ2) is 5.20. The van der Waals surface area contributed by atoms with Gasteiger partial charge in [0.2, 0.25) is 0 Å². The van der Waals surface area contributed by atoms with E-state index in [2.05, 4.69) is 22.1 Å². The van der Waals surface area contributed by atoms with E-state index < -0.39 is 5.97 Å². The third-order valence-corrected chi connectivity index (χ3v) is 3.99. The molecule has 0 saturated carbocycles. The predicted molar refractivity (Wildman–Crippen MR) is 74.9 cm³/mol. The van der Waals surface area contributed by atoms with E-state index in [1.54, 1.807) is 12.1 Å². The second-order valence-corrected chi connectivity index (χ2v) is 5.23. The molecule has 3 rings (SSSR count). The van der Waals surface area contributed by atoms with E-state index >= 15 is 0 Å². The van der Waals surface area contributed by atoms with Gasteiger partial charge in [0.1, 0.15) is 5.52 Å². The summed E-state index contributed by atoms with van der Waals surface area (Å²) in [6.45, 7) is 5.34. The molecule has 1 saturated heterocycles. The lowest BCUT2D eigenvalue weighted by Crippen LogP contribution is -2.36. The van der Waals surface area contributed by atoms with Crippen molar-refractivity contribution in [1.29, 1.82) is 0 Å². The number of carbonyl (C=O) groups is 1. The second-order valence-electron chi connectivity index (χ2n) is 5.23. The van der Waals surface area contributed by atoms with Crippen LogP contribution in [0.25, 0.3) is 11.0 Å². The summed E-state index contributed by atoms with van der Waals surface area (Å²) in [6, 6.07) is 5.33. The van der Waals surface area contributed by atoms with Gasteiger partial charge in [0.15, 0.2) is 0 Å². The minimum Gasteiger partial charge on any atom is -0.478 e. The van der Waals surface area contributed by atoms with Crippen LogP contribution < -0.4 is 0 Å². The normalized spacial score (nSPS) is 20.4. The number of likely N-dealkylation sites (tertiary alicyclic amines) is 1. The van der Waals surface area contributed by atoms with Crippen LogP contribution in [0.3, 0.4) is 0 Å². The first-order valence-electron chi connectivity index (χ1n) is 6.99. The van der Waals surface area contributed by atoms with Gasteiger partial charge in [0.05, 0.1) is 17.1 Å². The van der Waals surface area contributed by atoms with Gasteiger partial charge in [-0.1, -0.05) is 12.1 Å². The third kappa shape index (κ3) is 2.27. The van der Waals surface area contributed by atoms with Gasteiger partial charge in [-0.15, -0.1) is 5.10 Å². The van der Waals surface area contributed by atoms with Gasteiger partial charge in [0, 0.05) is 6.54 Å². The summed E-state index contributed by atoms with van der Waals surface area (Å²) in [7, 11) is 0. The van der Waals surface area contributed by atoms with Crippen LogP contribution in [-0.4, -0.2) is 50.6 Å². The Labute approximate surface area is 117 Å². The zero-order valence-electron chi connectivity index (χ0n) is 11.5. The molecule has 0 amide bonds. The van der Waals surface area contributed by atoms with E-state index in [0.717, 1.165) is 38.0 Å². The molecule has 1 fully saturated rings. The van der Waals surface area contributed by atoms with E-state index in [0.29, 0.717) is 11.6 Å². The van der Waals surface area contributed by atoms with E-state index in [-0.39, 0.29) is 5.56 Å². The topological polar surface area (TPSA) is 71.2 Å². The van der Waals surface area contributed by atoms with Crippen LogP contribution in [0.1, 0.15) is 36.2 Å². The third-order valence-electron chi connectivity index (χ3n) is 3.99. The first kappa shape index (κ1) is 13.1. The molecule has 0 aliphatic carbocycles. The maximum Gasteiger partial charge on any atom is 0.335 e. The summed E-state index contributed by atoms with van der Waals surface area (Å²) in [5.74, 6) is -0.934. The van der Waals surface area contributed by atoms with Crippen molar-refractivity contribution in [2.75, 3.05) is 19.6 Å². The summed E-state index contributed by atoms with van der Waals surface area (Å²) >= 11 is 0. The number of carboxylic acid groups (broad SMARTS) is 1. The number of hydrogen-bond donors (Lipinski definition) is 1. The Morgan fingerprint density at radius 1 is 1.50 bits per heavy atom. The lowest BCUT2D eigenvalue weighted by molar-refractivity contribution is 0.0697. The molecule has 20 heavy (non-hydrogen) atoms. The Balaban J connectivity index is 1.94. The lowest BCUT2D eigenvalue weighted by Gasteiger charge is -2.31. The number of piperidine rings is 1. The number of aromatic nitrogens is 3. The fourth-order valence-corrected chi connectivity index (χ4v) is 2.86. The molecule has 1 aromatic heterocycles. The SMILES string of the molecule is CCN1CCCC(n2nnc3cc(C(=O)O)ccc32)C1. The summed E-state index contributed by atoms with van der Waals surface area (Å²) in [6.07, 6.45) is 2.25. The lowest BCUT2D eigenvalue weighted by atomic mass is 10.1. The van der Waals surface area contributed by atoms with Gasteiger partial charge < -0.3 is 10.0 Å². The number of rotatable bonds is 3. The van der Waals surface area contributed by atoms with Crippen LogP contribution in [0.15, 0.2) is 18.2 Å². The number of nitrogens with zero attached hydrogens (tertiary/aromatic N) is 4. The van der Waals surface area contributed by atoms with Gasteiger partial charge in [-0.05, 0) is 44.1 Å². The Morgan fingerprint density at radius 2 is 2.35 bits per heavy atom. The highest BCUT2D eigenvalue weighted by molar-refractivity contribution is 5.92. The molecule has 1 unspecified atom stereocenters. The maximum atomic E-state index is 11.0. The van der Waals surface area contributed by atoms with Gasteiger partial charge >= 0.3 is 5.97 Å². The summed E-state index contributed by atoms with van der Waals surface area (Å²) in [5, 5.41) is 17.4. The molecule has 6 nitrogen and oxygen atoms in total. The summed E-state index contributed by atoms with van der Waals surface area (Å²) < 4.78 is 1.95. The molecule has 0 bridgehead atoms. The first-order chi connectivity index (χ1) is 9.69. The van der Waals surface area contributed by atoms with E-state index in [4.69, 9.17) is 5.11 Å². The van der Waals surface area contributed by atoms with Crippen molar-refractivity contribution in [2.24, 2.45) is 0 Å². The highest BCUT2D eigenvalue weighted by atomic mass is 16.4. The van der Waals surface area contributed by atoms with Crippen molar-refractivity contribution in [3.63, 3.8) is 0 Å². The van der Waals surface area contributed by atoms with Crippen molar-refractivity contribution in [2.45, 2.75) is 25.8 Å². The maximum absolute atomic E-state index is 11.0. The van der Waals surface area contributed by atoms with Gasteiger partial charge in [-0.2, -0.15) is 0 Å². The molecule has 6 heteroatoms. The molecule has 1 N–H and O–H groups in total. The van der Waals surface area contributed by atoms with Crippen LogP contribution in [0.2, 0.25) is 0 Å². The molecular weight excluding hydrogens is 256 g/mol. The van der Waals surface area contributed by atoms with Crippen LogP contribution in [0, 0.1) is 0 Å². The number of carboxylic acids is 1. The van der Waals surface area contributed by atoms with E-state index in [1.165, 1.54) is 0 Å². The van der Waals surface area contributed by atoms with Gasteiger partial charge in [0.25, 0.3) is 0 Å². The quantitative estimate of drug-likeness (QED) is 0.923. The number of fused-ring (bicyclic) bond motifs is 1. The molecule has 2 aromatic rings. The summed E-state index contributed by atoms with van der Waals surface area (Å²) in [4.78, 5) is 13.4. The molecule has 1 aromatic carbocycles. The minimum atomic E-state index is -0.934. The zero-order valence-corrected chi connectivity index (χ0v) is 11.5. The average molecular weight is 274 g/mol. The number of likely N-dealkylation sites (N-methyl/N-ethyl adjacent to an activating group) is 1. The zero-order chi connectivity index (χ0) is 14.1. The first-order valence-corrected chi connectivity index (χ1v) is 6.99. The van der Waals surface area contributed by atoms with E-state index in [1.807, 2.05) is 10.7 Å². The van der Waals surface area contributed by atoms with Crippen molar-refractivity contribution < 1.29 is 9.90 Å². The average Bonchev–Trinajstić information content (AvgIpc) is 2.90. The number of aromatic carboxylic acids is 1. The van der Waals surface area contributed by atoms with Crippen LogP contribution >= 0.6 is 0 Å². The highest BCUT2D eigenvalue weighted by Gasteiger charge is 2.22. The highest BCUT2D eigenvalue weighted by Crippen LogP contribution is 2.24. The molecule has 1 aliphatic heterocycles. The fraction of sp³-hybridized carbons (Fsp3) is 0.500. The van der Waals surface area contributed by atoms with Crippen molar-refractivity contribution in [1.82, 2.24) is 19.9 Å². The molecular formula is C14H18N4O2. The van der Waals surface area contributed by atoms with E-state index in [9.17, 15) is 4.79 Å².